The highest BCUT2D eigenvalue weighted by Gasteiger charge is 2.37. The van der Waals surface area contributed by atoms with E-state index < -0.39 is 0 Å². The summed E-state index contributed by atoms with van der Waals surface area (Å²) in [5.74, 6) is 0.360. The Morgan fingerprint density at radius 2 is 2.17 bits per heavy atom. The third kappa shape index (κ3) is 2.29. The monoisotopic (exact) mass is 245 g/mol. The maximum atomic E-state index is 11.2. The molecule has 0 saturated heterocycles. The molecular formula is C16H23NO. The average Bonchev–Trinajstić information content (AvgIpc) is 2.52. The maximum absolute atomic E-state index is 11.2. The Balaban J connectivity index is 2.48. The molecule has 0 radical (unpaired) electrons. The highest BCUT2D eigenvalue weighted by molar-refractivity contribution is 5.77. The summed E-state index contributed by atoms with van der Waals surface area (Å²) in [4.78, 5) is 11.2. The number of amides is 1. The molecule has 0 heterocycles. The van der Waals surface area contributed by atoms with E-state index in [4.69, 9.17) is 5.73 Å². The second kappa shape index (κ2) is 4.75. The first-order valence-electron chi connectivity index (χ1n) is 6.86. The number of carbonyl (C=O) groups is 1. The van der Waals surface area contributed by atoms with E-state index >= 15 is 0 Å². The topological polar surface area (TPSA) is 43.1 Å². The predicted molar refractivity (Wildman–Crippen MR) is 74.6 cm³/mol. The first kappa shape index (κ1) is 13.1. The van der Waals surface area contributed by atoms with Crippen molar-refractivity contribution in [1.29, 1.82) is 0 Å². The Bertz CT molecular complexity index is 462. The average molecular weight is 245 g/mol. The lowest BCUT2D eigenvalue weighted by Gasteiger charge is -2.19. The molecule has 1 aliphatic carbocycles. The largest absolute Gasteiger partial charge is 0.369 e. The zero-order valence-electron chi connectivity index (χ0n) is 11.6. The van der Waals surface area contributed by atoms with Crippen molar-refractivity contribution in [1.82, 2.24) is 0 Å². The Morgan fingerprint density at radius 3 is 2.78 bits per heavy atom. The van der Waals surface area contributed by atoms with E-state index in [2.05, 4.69) is 39.0 Å². The summed E-state index contributed by atoms with van der Waals surface area (Å²) in [5, 5.41) is 0. The van der Waals surface area contributed by atoms with E-state index in [1.807, 2.05) is 0 Å². The summed E-state index contributed by atoms with van der Waals surface area (Å²) in [6.07, 6.45) is 3.95. The van der Waals surface area contributed by atoms with E-state index in [1.165, 1.54) is 30.4 Å². The van der Waals surface area contributed by atoms with Gasteiger partial charge in [0.05, 0.1) is 6.42 Å². The molecule has 1 amide bonds. The standard InChI is InChI=1S/C16H23NO/c1-4-6-12-10-16(2,3)13-8-5-7-11(15(12)13)9-14(17)18/h5,7-8,12H,4,6,9-10H2,1-3H3,(H2,17,18). The zero-order valence-corrected chi connectivity index (χ0v) is 11.6. The second-order valence-electron chi connectivity index (χ2n) is 6.10. The molecule has 0 aromatic heterocycles. The van der Waals surface area contributed by atoms with Crippen LogP contribution in [-0.4, -0.2) is 5.91 Å². The Hall–Kier alpha value is -1.31. The van der Waals surface area contributed by atoms with Gasteiger partial charge in [-0.2, -0.15) is 0 Å². The van der Waals surface area contributed by atoms with Gasteiger partial charge in [-0.1, -0.05) is 45.4 Å². The van der Waals surface area contributed by atoms with Crippen LogP contribution in [0.15, 0.2) is 18.2 Å². The molecule has 0 aliphatic heterocycles. The fourth-order valence-corrected chi connectivity index (χ4v) is 3.45. The number of hydrogen-bond acceptors (Lipinski definition) is 1. The molecule has 2 nitrogen and oxygen atoms in total. The molecule has 2 heteroatoms. The minimum Gasteiger partial charge on any atom is -0.369 e. The highest BCUT2D eigenvalue weighted by atomic mass is 16.1. The summed E-state index contributed by atoms with van der Waals surface area (Å²) < 4.78 is 0. The van der Waals surface area contributed by atoms with E-state index in [1.54, 1.807) is 0 Å². The van der Waals surface area contributed by atoms with Gasteiger partial charge in [-0.3, -0.25) is 4.79 Å². The van der Waals surface area contributed by atoms with Crippen LogP contribution >= 0.6 is 0 Å². The van der Waals surface area contributed by atoms with Gasteiger partial charge in [0.15, 0.2) is 0 Å². The molecular weight excluding hydrogens is 222 g/mol. The SMILES string of the molecule is CCCC1CC(C)(C)c2cccc(CC(N)=O)c21. The van der Waals surface area contributed by atoms with E-state index in [-0.39, 0.29) is 11.3 Å². The van der Waals surface area contributed by atoms with Crippen LogP contribution in [0.25, 0.3) is 0 Å². The molecule has 0 saturated carbocycles. The van der Waals surface area contributed by atoms with Crippen LogP contribution in [0.5, 0.6) is 0 Å². The fraction of sp³-hybridized carbons (Fsp3) is 0.562. The lowest BCUT2D eigenvalue weighted by molar-refractivity contribution is -0.117. The van der Waals surface area contributed by atoms with Gasteiger partial charge in [0.25, 0.3) is 0 Å². The van der Waals surface area contributed by atoms with E-state index in [9.17, 15) is 4.79 Å². The molecule has 0 fully saturated rings. The summed E-state index contributed by atoms with van der Waals surface area (Å²) in [6.45, 7) is 6.83. The van der Waals surface area contributed by atoms with Gasteiger partial charge in [-0.05, 0) is 40.9 Å². The number of fused-ring (bicyclic) bond motifs is 1. The van der Waals surface area contributed by atoms with Crippen molar-refractivity contribution < 1.29 is 4.79 Å². The van der Waals surface area contributed by atoms with Gasteiger partial charge in [0.1, 0.15) is 0 Å². The molecule has 2 N–H and O–H groups in total. The number of nitrogens with two attached hydrogens (primary N) is 1. The number of hydrogen-bond donors (Lipinski definition) is 1. The third-order valence-electron chi connectivity index (χ3n) is 4.09. The fourth-order valence-electron chi connectivity index (χ4n) is 3.45. The van der Waals surface area contributed by atoms with Crippen LogP contribution in [0.3, 0.4) is 0 Å². The van der Waals surface area contributed by atoms with Crippen molar-refractivity contribution in [3.63, 3.8) is 0 Å². The number of rotatable bonds is 4. The second-order valence-corrected chi connectivity index (χ2v) is 6.10. The van der Waals surface area contributed by atoms with Crippen LogP contribution in [-0.2, 0) is 16.6 Å². The number of primary amides is 1. The number of benzene rings is 1. The Kier molecular flexibility index (Phi) is 3.47. The summed E-state index contributed by atoms with van der Waals surface area (Å²) >= 11 is 0. The molecule has 1 aliphatic rings. The quantitative estimate of drug-likeness (QED) is 0.869. The van der Waals surface area contributed by atoms with Crippen LogP contribution in [0.1, 0.15) is 62.6 Å². The van der Waals surface area contributed by atoms with Crippen LogP contribution in [0.4, 0.5) is 0 Å². The molecule has 98 valence electrons. The van der Waals surface area contributed by atoms with E-state index in [0.717, 1.165) is 5.56 Å². The van der Waals surface area contributed by atoms with Gasteiger partial charge in [0, 0.05) is 0 Å². The van der Waals surface area contributed by atoms with Gasteiger partial charge >= 0.3 is 0 Å². The minimum absolute atomic E-state index is 0.225. The first-order chi connectivity index (χ1) is 8.45. The van der Waals surface area contributed by atoms with Crippen molar-refractivity contribution in [2.45, 2.75) is 57.8 Å². The molecule has 0 bridgehead atoms. The summed E-state index contributed by atoms with van der Waals surface area (Å²) in [7, 11) is 0. The third-order valence-corrected chi connectivity index (χ3v) is 4.09. The van der Waals surface area contributed by atoms with Gasteiger partial charge in [-0.25, -0.2) is 0 Å². The predicted octanol–water partition coefficient (Wildman–Crippen LogP) is 3.28. The van der Waals surface area contributed by atoms with E-state index in [0.29, 0.717) is 12.3 Å². The van der Waals surface area contributed by atoms with Crippen LogP contribution < -0.4 is 5.73 Å². The molecule has 1 unspecified atom stereocenters. The smallest absolute Gasteiger partial charge is 0.221 e. The van der Waals surface area contributed by atoms with Gasteiger partial charge in [0.2, 0.25) is 5.91 Å². The van der Waals surface area contributed by atoms with Crippen molar-refractivity contribution >= 4 is 5.91 Å². The lowest BCUT2D eigenvalue weighted by atomic mass is 9.85. The zero-order chi connectivity index (χ0) is 13.3. The molecule has 1 aromatic rings. The summed E-state index contributed by atoms with van der Waals surface area (Å²) in [5.41, 5.74) is 9.56. The lowest BCUT2D eigenvalue weighted by Crippen LogP contribution is -2.16. The summed E-state index contributed by atoms with van der Waals surface area (Å²) in [6, 6.07) is 6.34. The van der Waals surface area contributed by atoms with Crippen molar-refractivity contribution in [2.75, 3.05) is 0 Å². The first-order valence-corrected chi connectivity index (χ1v) is 6.86. The van der Waals surface area contributed by atoms with Crippen molar-refractivity contribution in [3.8, 4) is 0 Å². The maximum Gasteiger partial charge on any atom is 0.221 e. The molecule has 0 spiro atoms. The Labute approximate surface area is 110 Å². The molecule has 2 rings (SSSR count). The van der Waals surface area contributed by atoms with Crippen LogP contribution in [0, 0.1) is 0 Å². The number of carbonyl (C=O) groups excluding carboxylic acids is 1. The molecule has 1 aromatic carbocycles. The van der Waals surface area contributed by atoms with Crippen molar-refractivity contribution in [2.24, 2.45) is 5.73 Å². The van der Waals surface area contributed by atoms with Gasteiger partial charge < -0.3 is 5.73 Å². The Morgan fingerprint density at radius 1 is 1.44 bits per heavy atom. The minimum atomic E-state index is -0.233. The normalized spacial score (nSPS) is 20.7. The van der Waals surface area contributed by atoms with Gasteiger partial charge in [-0.15, -0.1) is 0 Å². The molecule has 18 heavy (non-hydrogen) atoms. The molecule has 1 atom stereocenters. The van der Waals surface area contributed by atoms with Crippen molar-refractivity contribution in [3.05, 3.63) is 34.9 Å². The van der Waals surface area contributed by atoms with Crippen LogP contribution in [0.2, 0.25) is 0 Å². The highest BCUT2D eigenvalue weighted by Crippen LogP contribution is 2.48.